The number of nitrogens with zero attached hydrogens (tertiary/aromatic N) is 3. The first-order valence-electron chi connectivity index (χ1n) is 8.75. The van der Waals surface area contributed by atoms with Gasteiger partial charge in [0.2, 0.25) is 11.9 Å². The minimum atomic E-state index is -0.499. The lowest BCUT2D eigenvalue weighted by atomic mass is 9.86. The van der Waals surface area contributed by atoms with E-state index in [9.17, 15) is 5.11 Å². The minimum absolute atomic E-state index is 0.0702. The normalized spacial score (nSPS) is 19.8. The van der Waals surface area contributed by atoms with E-state index in [0.29, 0.717) is 5.96 Å². The molecule has 2 aliphatic rings. The molecule has 5 N–H and O–H groups in total. The van der Waals surface area contributed by atoms with Crippen molar-refractivity contribution >= 4 is 28.4 Å². The Hall–Kier alpha value is -2.60. The van der Waals surface area contributed by atoms with Crippen molar-refractivity contribution in [3.8, 4) is 0 Å². The van der Waals surface area contributed by atoms with E-state index >= 15 is 0 Å². The summed E-state index contributed by atoms with van der Waals surface area (Å²) >= 11 is 0. The van der Waals surface area contributed by atoms with Crippen LogP contribution < -0.4 is 16.4 Å². The number of nitrogens with two attached hydrogens (primary N) is 2. The van der Waals surface area contributed by atoms with Gasteiger partial charge in [0, 0.05) is 5.56 Å². The molecule has 6 nitrogen and oxygen atoms in total. The first-order valence-corrected chi connectivity index (χ1v) is 8.75. The van der Waals surface area contributed by atoms with Crippen molar-refractivity contribution in [2.24, 2.45) is 21.5 Å². The van der Waals surface area contributed by atoms with Crippen LogP contribution in [0.25, 0.3) is 10.8 Å². The lowest BCUT2D eigenvalue weighted by Gasteiger charge is -2.46. The third-order valence-electron chi connectivity index (χ3n) is 5.21. The zero-order valence-electron chi connectivity index (χ0n) is 14.2. The first kappa shape index (κ1) is 15.9. The lowest BCUT2D eigenvalue weighted by Crippen LogP contribution is -2.58. The molecule has 1 aliphatic heterocycles. The van der Waals surface area contributed by atoms with Gasteiger partial charge in [0.25, 0.3) is 0 Å². The van der Waals surface area contributed by atoms with E-state index in [1.807, 2.05) is 29.2 Å². The minimum Gasteiger partial charge on any atom is -0.392 e. The number of hydrogen-bond acceptors (Lipinski definition) is 6. The van der Waals surface area contributed by atoms with Crippen molar-refractivity contribution in [2.75, 3.05) is 4.90 Å². The highest BCUT2D eigenvalue weighted by molar-refractivity contribution is 6.07. The number of rotatable bonds is 2. The van der Waals surface area contributed by atoms with Crippen molar-refractivity contribution in [3.63, 3.8) is 0 Å². The monoisotopic (exact) mass is 337 g/mol. The average molecular weight is 337 g/mol. The Labute approximate surface area is 146 Å². The molecule has 0 aromatic heterocycles. The summed E-state index contributed by atoms with van der Waals surface area (Å²) in [4.78, 5) is 10.9. The topological polar surface area (TPSA) is 100 Å². The highest BCUT2D eigenvalue weighted by Gasteiger charge is 2.43. The van der Waals surface area contributed by atoms with Crippen LogP contribution in [0, 0.1) is 0 Å². The Balaban J connectivity index is 1.91. The second-order valence-corrected chi connectivity index (χ2v) is 6.80. The summed E-state index contributed by atoms with van der Waals surface area (Å²) in [5.74, 6) is 0.585. The lowest BCUT2D eigenvalue weighted by molar-refractivity contribution is 0.278. The standard InChI is InChI=1S/C19H23N5O/c20-17-22-18(21)24(19(23-17)8-4-1-5-9-19)16-11-14-7-3-2-6-13(14)10-15(16)12-25/h2-3,6-7,10-11,25H,1,4-5,8-9,12H2,(H4,20,21,22,23). The fraction of sp³-hybridized carbons (Fsp3) is 0.368. The number of guanidine groups is 2. The van der Waals surface area contributed by atoms with E-state index in [-0.39, 0.29) is 12.6 Å². The van der Waals surface area contributed by atoms with Crippen molar-refractivity contribution in [2.45, 2.75) is 44.4 Å². The van der Waals surface area contributed by atoms with Crippen LogP contribution in [-0.4, -0.2) is 22.7 Å². The molecule has 0 unspecified atom stereocenters. The molecule has 0 saturated heterocycles. The summed E-state index contributed by atoms with van der Waals surface area (Å²) < 4.78 is 0. The molecule has 1 heterocycles. The van der Waals surface area contributed by atoms with Crippen molar-refractivity contribution in [1.29, 1.82) is 0 Å². The molecule has 6 heteroatoms. The predicted octanol–water partition coefficient (Wildman–Crippen LogP) is 2.44. The second kappa shape index (κ2) is 6.04. The van der Waals surface area contributed by atoms with Crippen molar-refractivity contribution in [3.05, 3.63) is 42.0 Å². The van der Waals surface area contributed by atoms with Crippen LogP contribution in [0.2, 0.25) is 0 Å². The third kappa shape index (κ3) is 2.62. The van der Waals surface area contributed by atoms with Gasteiger partial charge in [-0.2, -0.15) is 4.99 Å². The molecule has 4 rings (SSSR count). The van der Waals surface area contributed by atoms with Gasteiger partial charge in [-0.15, -0.1) is 0 Å². The van der Waals surface area contributed by atoms with Crippen LogP contribution in [-0.2, 0) is 6.61 Å². The fourth-order valence-electron chi connectivity index (χ4n) is 4.08. The molecule has 0 radical (unpaired) electrons. The molecule has 0 atom stereocenters. The van der Waals surface area contributed by atoms with E-state index in [0.717, 1.165) is 47.7 Å². The van der Waals surface area contributed by atoms with Crippen molar-refractivity contribution in [1.82, 2.24) is 0 Å². The third-order valence-corrected chi connectivity index (χ3v) is 5.21. The Bertz CT molecular complexity index is 867. The number of fused-ring (bicyclic) bond motifs is 1. The molecule has 2 aromatic carbocycles. The smallest absolute Gasteiger partial charge is 0.220 e. The summed E-state index contributed by atoms with van der Waals surface area (Å²) in [5, 5.41) is 12.1. The predicted molar refractivity (Wildman–Crippen MR) is 101 cm³/mol. The Morgan fingerprint density at radius 1 is 1.04 bits per heavy atom. The molecule has 0 amide bonds. The van der Waals surface area contributed by atoms with Crippen LogP contribution in [0.15, 0.2) is 46.4 Å². The van der Waals surface area contributed by atoms with E-state index in [1.54, 1.807) is 0 Å². The first-order chi connectivity index (χ1) is 12.1. The maximum atomic E-state index is 9.97. The largest absolute Gasteiger partial charge is 0.392 e. The Morgan fingerprint density at radius 3 is 2.40 bits per heavy atom. The van der Waals surface area contributed by atoms with Gasteiger partial charge in [0.1, 0.15) is 5.66 Å². The van der Waals surface area contributed by atoms with Gasteiger partial charge in [-0.3, -0.25) is 4.90 Å². The van der Waals surface area contributed by atoms with Crippen LogP contribution in [0.1, 0.15) is 37.7 Å². The molecule has 1 fully saturated rings. The molecular weight excluding hydrogens is 314 g/mol. The Kier molecular flexibility index (Phi) is 3.84. The zero-order chi connectivity index (χ0) is 17.4. The maximum Gasteiger partial charge on any atom is 0.220 e. The molecule has 1 saturated carbocycles. The summed E-state index contributed by atoms with van der Waals surface area (Å²) in [6, 6.07) is 12.2. The van der Waals surface area contributed by atoms with Crippen LogP contribution in [0.5, 0.6) is 0 Å². The molecule has 0 bridgehead atoms. The molecule has 1 spiro atoms. The van der Waals surface area contributed by atoms with Gasteiger partial charge in [0.15, 0.2) is 0 Å². The van der Waals surface area contributed by atoms with E-state index in [4.69, 9.17) is 16.5 Å². The summed E-state index contributed by atoms with van der Waals surface area (Å²) in [6.07, 6.45) is 5.08. The highest BCUT2D eigenvalue weighted by Crippen LogP contribution is 2.41. The van der Waals surface area contributed by atoms with Gasteiger partial charge in [0.05, 0.1) is 12.3 Å². The SMILES string of the molecule is NC1=NC2(CCCCC2)N(c2cc3ccccc3cc2CO)C(N)=N1. The highest BCUT2D eigenvalue weighted by atomic mass is 16.3. The zero-order valence-corrected chi connectivity index (χ0v) is 14.2. The van der Waals surface area contributed by atoms with Gasteiger partial charge < -0.3 is 16.6 Å². The number of hydrogen-bond donors (Lipinski definition) is 3. The average Bonchev–Trinajstić information content (AvgIpc) is 2.61. The quantitative estimate of drug-likeness (QED) is 0.783. The van der Waals surface area contributed by atoms with Crippen LogP contribution >= 0.6 is 0 Å². The van der Waals surface area contributed by atoms with E-state index in [1.165, 1.54) is 6.42 Å². The van der Waals surface area contributed by atoms with Crippen LogP contribution in [0.4, 0.5) is 5.69 Å². The summed E-state index contributed by atoms with van der Waals surface area (Å²) in [5.41, 5.74) is 13.4. The van der Waals surface area contributed by atoms with Gasteiger partial charge in [-0.05, 0) is 48.6 Å². The molecule has 25 heavy (non-hydrogen) atoms. The summed E-state index contributed by atoms with van der Waals surface area (Å²) in [7, 11) is 0. The van der Waals surface area contributed by atoms with Crippen LogP contribution in [0.3, 0.4) is 0 Å². The second-order valence-electron chi connectivity index (χ2n) is 6.80. The number of aliphatic hydroxyl groups excluding tert-OH is 1. The molecular formula is C19H23N5O. The number of anilines is 1. The fourth-order valence-corrected chi connectivity index (χ4v) is 4.08. The van der Waals surface area contributed by atoms with Gasteiger partial charge in [-0.1, -0.05) is 30.7 Å². The van der Waals surface area contributed by atoms with E-state index < -0.39 is 5.66 Å². The van der Waals surface area contributed by atoms with Crippen molar-refractivity contribution < 1.29 is 5.11 Å². The molecule has 2 aromatic rings. The number of aliphatic hydroxyl groups is 1. The van der Waals surface area contributed by atoms with E-state index in [2.05, 4.69) is 17.1 Å². The molecule has 130 valence electrons. The van der Waals surface area contributed by atoms with Gasteiger partial charge in [-0.25, -0.2) is 4.99 Å². The number of benzene rings is 2. The Morgan fingerprint density at radius 2 is 1.72 bits per heavy atom. The molecule has 1 aliphatic carbocycles. The maximum absolute atomic E-state index is 9.97. The van der Waals surface area contributed by atoms with Gasteiger partial charge >= 0.3 is 0 Å². The number of aliphatic imine (C=N–C) groups is 2. The summed E-state index contributed by atoms with van der Waals surface area (Å²) in [6.45, 7) is -0.0702.